The summed E-state index contributed by atoms with van der Waals surface area (Å²) in [6.45, 7) is 1.17. The summed E-state index contributed by atoms with van der Waals surface area (Å²) in [7, 11) is 0. The molecular weight excluding hydrogens is 162 g/mol. The van der Waals surface area contributed by atoms with Crippen LogP contribution < -0.4 is 5.73 Å². The molecule has 12 heavy (non-hydrogen) atoms. The van der Waals surface area contributed by atoms with Crippen molar-refractivity contribution >= 4 is 0 Å². The Labute approximate surface area is 71.4 Å². The summed E-state index contributed by atoms with van der Waals surface area (Å²) in [5, 5.41) is 35.8. The highest BCUT2D eigenvalue weighted by Crippen LogP contribution is 2.05. The Morgan fingerprint density at radius 1 is 1.17 bits per heavy atom. The van der Waals surface area contributed by atoms with Crippen molar-refractivity contribution in [2.45, 2.75) is 37.7 Å². The molecule has 0 bridgehead atoms. The van der Waals surface area contributed by atoms with Gasteiger partial charge in [-0.3, -0.25) is 0 Å². The van der Waals surface area contributed by atoms with E-state index in [1.165, 1.54) is 0 Å². The molecule has 0 saturated heterocycles. The smallest absolute Gasteiger partial charge is 0.109 e. The van der Waals surface area contributed by atoms with E-state index in [0.29, 0.717) is 6.42 Å². The van der Waals surface area contributed by atoms with E-state index in [1.54, 1.807) is 6.92 Å². The molecule has 4 atom stereocenters. The van der Waals surface area contributed by atoms with Crippen molar-refractivity contribution in [1.82, 2.24) is 0 Å². The standard InChI is InChI=1S/C7H17NO4/c1-2-4(8)6(11)7(12)5(10)3-9/h4-7,9-12H,2-3,8H2,1H3. The second-order valence-electron chi connectivity index (χ2n) is 2.80. The summed E-state index contributed by atoms with van der Waals surface area (Å²) in [5.41, 5.74) is 5.41. The second kappa shape index (κ2) is 5.45. The van der Waals surface area contributed by atoms with Crippen LogP contribution >= 0.6 is 0 Å². The van der Waals surface area contributed by atoms with Gasteiger partial charge in [0.05, 0.1) is 12.7 Å². The van der Waals surface area contributed by atoms with Gasteiger partial charge in [-0.1, -0.05) is 6.92 Å². The van der Waals surface area contributed by atoms with E-state index in [0.717, 1.165) is 0 Å². The lowest BCUT2D eigenvalue weighted by Crippen LogP contribution is -2.48. The van der Waals surface area contributed by atoms with Gasteiger partial charge in [0.25, 0.3) is 0 Å². The molecule has 0 spiro atoms. The Morgan fingerprint density at radius 3 is 2.00 bits per heavy atom. The van der Waals surface area contributed by atoms with Crippen molar-refractivity contribution in [3.63, 3.8) is 0 Å². The minimum absolute atomic E-state index is 0.496. The van der Waals surface area contributed by atoms with Crippen LogP contribution in [0.25, 0.3) is 0 Å². The summed E-state index contributed by atoms with van der Waals surface area (Å²) in [6, 6.07) is -0.582. The van der Waals surface area contributed by atoms with Crippen molar-refractivity contribution in [1.29, 1.82) is 0 Å². The fourth-order valence-corrected chi connectivity index (χ4v) is 0.830. The largest absolute Gasteiger partial charge is 0.394 e. The quantitative estimate of drug-likeness (QED) is 0.329. The molecule has 0 aromatic carbocycles. The molecule has 0 fully saturated rings. The van der Waals surface area contributed by atoms with E-state index in [2.05, 4.69) is 0 Å². The lowest BCUT2D eigenvalue weighted by atomic mass is 10.0. The third kappa shape index (κ3) is 3.04. The van der Waals surface area contributed by atoms with Crippen LogP contribution in [-0.4, -0.2) is 51.4 Å². The first kappa shape index (κ1) is 11.8. The Kier molecular flexibility index (Phi) is 5.36. The van der Waals surface area contributed by atoms with E-state index in [9.17, 15) is 5.11 Å². The zero-order valence-electron chi connectivity index (χ0n) is 7.09. The summed E-state index contributed by atoms with van der Waals surface area (Å²) in [6.07, 6.45) is -3.42. The van der Waals surface area contributed by atoms with Crippen LogP contribution in [0, 0.1) is 0 Å². The molecule has 0 aromatic rings. The third-order valence-electron chi connectivity index (χ3n) is 1.84. The molecule has 0 heterocycles. The Bertz CT molecular complexity index is 108. The molecule has 5 nitrogen and oxygen atoms in total. The van der Waals surface area contributed by atoms with Crippen molar-refractivity contribution < 1.29 is 20.4 Å². The van der Waals surface area contributed by atoms with Gasteiger partial charge in [-0.05, 0) is 6.42 Å². The topological polar surface area (TPSA) is 107 Å². The SMILES string of the molecule is CCC(N)C(O)C(O)C(O)CO. The first-order valence-electron chi connectivity index (χ1n) is 3.95. The molecule has 0 radical (unpaired) electrons. The van der Waals surface area contributed by atoms with Crippen LogP contribution in [0.15, 0.2) is 0 Å². The first-order chi connectivity index (χ1) is 5.54. The molecule has 0 aromatic heterocycles. The number of hydrogen-bond acceptors (Lipinski definition) is 5. The van der Waals surface area contributed by atoms with E-state index in [4.69, 9.17) is 21.1 Å². The van der Waals surface area contributed by atoms with Crippen LogP contribution in [0.4, 0.5) is 0 Å². The molecule has 6 N–H and O–H groups in total. The summed E-state index contributed by atoms with van der Waals surface area (Å²) < 4.78 is 0. The molecule has 74 valence electrons. The van der Waals surface area contributed by atoms with E-state index in [-0.39, 0.29) is 0 Å². The van der Waals surface area contributed by atoms with E-state index >= 15 is 0 Å². The zero-order valence-corrected chi connectivity index (χ0v) is 7.09. The average molecular weight is 179 g/mol. The highest BCUT2D eigenvalue weighted by atomic mass is 16.4. The number of aliphatic hydroxyl groups excluding tert-OH is 4. The minimum Gasteiger partial charge on any atom is -0.394 e. The summed E-state index contributed by atoms with van der Waals surface area (Å²) in [4.78, 5) is 0. The molecule has 0 rings (SSSR count). The lowest BCUT2D eigenvalue weighted by Gasteiger charge is -2.25. The highest BCUT2D eigenvalue weighted by molar-refractivity contribution is 4.81. The van der Waals surface area contributed by atoms with Crippen LogP contribution in [0.3, 0.4) is 0 Å². The minimum atomic E-state index is -1.38. The van der Waals surface area contributed by atoms with Crippen molar-refractivity contribution in [2.24, 2.45) is 5.73 Å². The van der Waals surface area contributed by atoms with E-state index in [1.807, 2.05) is 0 Å². The Hall–Kier alpha value is -0.200. The molecule has 4 unspecified atom stereocenters. The van der Waals surface area contributed by atoms with Gasteiger partial charge in [0.15, 0.2) is 0 Å². The predicted molar refractivity (Wildman–Crippen MR) is 43.4 cm³/mol. The van der Waals surface area contributed by atoms with Crippen LogP contribution in [0.5, 0.6) is 0 Å². The van der Waals surface area contributed by atoms with Gasteiger partial charge in [-0.15, -0.1) is 0 Å². The van der Waals surface area contributed by atoms with Crippen LogP contribution in [0.1, 0.15) is 13.3 Å². The average Bonchev–Trinajstić information content (AvgIpc) is 2.12. The summed E-state index contributed by atoms with van der Waals surface area (Å²) in [5.74, 6) is 0. The Morgan fingerprint density at radius 2 is 1.67 bits per heavy atom. The van der Waals surface area contributed by atoms with Crippen molar-refractivity contribution in [2.75, 3.05) is 6.61 Å². The third-order valence-corrected chi connectivity index (χ3v) is 1.84. The number of nitrogens with two attached hydrogens (primary N) is 1. The molecular formula is C7H17NO4. The highest BCUT2D eigenvalue weighted by Gasteiger charge is 2.27. The monoisotopic (exact) mass is 179 g/mol. The van der Waals surface area contributed by atoms with Gasteiger partial charge in [0.2, 0.25) is 0 Å². The predicted octanol–water partition coefficient (Wildman–Crippen LogP) is -2.20. The molecule has 0 saturated carbocycles. The van der Waals surface area contributed by atoms with Gasteiger partial charge in [-0.2, -0.15) is 0 Å². The van der Waals surface area contributed by atoms with Gasteiger partial charge < -0.3 is 26.2 Å². The molecule has 0 aliphatic rings. The maximum Gasteiger partial charge on any atom is 0.109 e. The second-order valence-corrected chi connectivity index (χ2v) is 2.80. The fourth-order valence-electron chi connectivity index (χ4n) is 0.830. The molecule has 5 heteroatoms. The molecule has 0 amide bonds. The number of rotatable bonds is 5. The van der Waals surface area contributed by atoms with Crippen LogP contribution in [0.2, 0.25) is 0 Å². The van der Waals surface area contributed by atoms with Gasteiger partial charge >= 0.3 is 0 Å². The zero-order chi connectivity index (χ0) is 9.72. The van der Waals surface area contributed by atoms with Gasteiger partial charge in [-0.25, -0.2) is 0 Å². The number of aliphatic hydroxyl groups is 4. The fraction of sp³-hybridized carbons (Fsp3) is 1.00. The van der Waals surface area contributed by atoms with E-state index < -0.39 is 31.0 Å². The maximum absolute atomic E-state index is 9.24. The Balaban J connectivity index is 3.99. The normalized spacial score (nSPS) is 21.5. The lowest BCUT2D eigenvalue weighted by molar-refractivity contribution is -0.0835. The van der Waals surface area contributed by atoms with Crippen molar-refractivity contribution in [3.8, 4) is 0 Å². The van der Waals surface area contributed by atoms with Crippen molar-refractivity contribution in [3.05, 3.63) is 0 Å². The maximum atomic E-state index is 9.24. The first-order valence-corrected chi connectivity index (χ1v) is 3.95. The van der Waals surface area contributed by atoms with Gasteiger partial charge in [0.1, 0.15) is 12.2 Å². The van der Waals surface area contributed by atoms with Crippen LogP contribution in [-0.2, 0) is 0 Å². The molecule has 0 aliphatic carbocycles. The summed E-state index contributed by atoms with van der Waals surface area (Å²) >= 11 is 0. The van der Waals surface area contributed by atoms with Gasteiger partial charge in [0, 0.05) is 6.04 Å². The molecule has 0 aliphatic heterocycles. The number of hydrogen-bond donors (Lipinski definition) is 5.